The first-order valence-corrected chi connectivity index (χ1v) is 29.7. The molecule has 0 saturated carbocycles. The largest absolute Gasteiger partial charge is 0.399 e. The lowest BCUT2D eigenvalue weighted by Gasteiger charge is -2.29. The van der Waals surface area contributed by atoms with Crippen LogP contribution in [0.25, 0.3) is 10.2 Å². The average Bonchev–Trinajstić information content (AvgIpc) is 4.37. The number of piperidine rings is 1. The zero-order chi connectivity index (χ0) is 58.5. The van der Waals surface area contributed by atoms with Crippen LogP contribution in [-0.4, -0.2) is 96.8 Å². The van der Waals surface area contributed by atoms with E-state index in [2.05, 4.69) is 32.8 Å². The summed E-state index contributed by atoms with van der Waals surface area (Å²) >= 11 is 0.812. The van der Waals surface area contributed by atoms with E-state index >= 15 is 0 Å². The Hall–Kier alpha value is -7.83. The first kappa shape index (κ1) is 58.8. The number of ketones is 2. The van der Waals surface area contributed by atoms with Gasteiger partial charge in [0.2, 0.25) is 29.5 Å². The minimum Gasteiger partial charge on any atom is -0.370 e. The number of unbranched alkanes of at least 4 members (excludes halogenated alkanes) is 6. The van der Waals surface area contributed by atoms with Crippen molar-refractivity contribution in [2.45, 2.75) is 145 Å². The standard InChI is InChI=1S/C59H60F2N7O12PS/c60-59(61,81(78,79)80)38-23-27-49-44(31-38)65-56(82-49)55(75)64-43-24-22-36-18-12-19-37-30-46(68(52(36)37)58(43)77)54(74)63-42(25-28-50(62)71)48(70)32-40(34-14-9-7-10-15-34)47(69)21-11-6-4-2-1-3-5-8-16-35-17-13-20-39-41(35)33-67(57(39)76)45-26-29-51(72)66-53(45)73/h7,9-10,12-15,17-20,23,27,31,40,42-43,45-46H,1-6,11,21-22,24-26,28-30,32-33H2,(H2,62,71)(H,63,74)(H,64,75)(H,66,72,73)(H2,78,79,80)/t40-,42-,43-,45?,46-/m0/s1. The Kier molecular flexibility index (Phi) is 18.0. The zero-order valence-corrected chi connectivity index (χ0v) is 46.2. The summed E-state index contributed by atoms with van der Waals surface area (Å²) in [4.78, 5) is 146. The molecule has 23 heteroatoms. The first-order valence-electron chi connectivity index (χ1n) is 27.2. The second-order valence-corrected chi connectivity index (χ2v) is 23.7. The molecular weight excluding hydrogens is 1100 g/mol. The Bertz CT molecular complexity index is 3500. The molecular formula is C59H60F2N7O12PS. The highest BCUT2D eigenvalue weighted by Crippen LogP contribution is 2.59. The number of para-hydroxylation sites is 1. The van der Waals surface area contributed by atoms with E-state index in [0.29, 0.717) is 41.6 Å². The van der Waals surface area contributed by atoms with E-state index < -0.39 is 84.2 Å². The monoisotopic (exact) mass is 1160 g/mol. The molecule has 0 radical (unpaired) electrons. The number of anilines is 1. The van der Waals surface area contributed by atoms with E-state index in [4.69, 9.17) is 5.73 Å². The molecule has 5 aromatic rings. The maximum Gasteiger partial charge on any atom is 0.399 e. The number of rotatable bonds is 23. The molecule has 428 valence electrons. The lowest BCUT2D eigenvalue weighted by atomic mass is 9.85. The van der Waals surface area contributed by atoms with Crippen LogP contribution in [0.3, 0.4) is 0 Å². The number of Topliss-reactive ketones (excluding diaryl/α,β-unsaturated/α-hetero) is 2. The number of primary amides is 1. The summed E-state index contributed by atoms with van der Waals surface area (Å²) in [6.45, 7) is 0.246. The summed E-state index contributed by atoms with van der Waals surface area (Å²) in [6.07, 6.45) is 5.83. The van der Waals surface area contributed by atoms with Crippen molar-refractivity contribution in [2.75, 3.05) is 4.90 Å². The van der Waals surface area contributed by atoms with E-state index in [1.54, 1.807) is 60.7 Å². The molecule has 5 atom stereocenters. The number of hydrogen-bond donors (Lipinski definition) is 6. The molecule has 1 aromatic heterocycles. The zero-order valence-electron chi connectivity index (χ0n) is 44.5. The number of nitrogens with one attached hydrogen (secondary N) is 3. The van der Waals surface area contributed by atoms with Gasteiger partial charge in [-0.05, 0) is 85.0 Å². The molecule has 82 heavy (non-hydrogen) atoms. The molecule has 0 spiro atoms. The van der Waals surface area contributed by atoms with E-state index in [9.17, 15) is 66.3 Å². The molecule has 7 amide bonds. The number of aryl methyl sites for hydroxylation is 1. The lowest BCUT2D eigenvalue weighted by molar-refractivity contribution is -0.137. The lowest BCUT2D eigenvalue weighted by Crippen LogP contribution is -2.56. The van der Waals surface area contributed by atoms with Crippen LogP contribution in [0.1, 0.15) is 149 Å². The number of nitrogens with zero attached hydrogens (tertiary/aromatic N) is 3. The van der Waals surface area contributed by atoms with Gasteiger partial charge < -0.3 is 31.1 Å². The number of benzene rings is 4. The predicted molar refractivity (Wildman–Crippen MR) is 297 cm³/mol. The number of imide groups is 1. The fourth-order valence-corrected chi connectivity index (χ4v) is 12.5. The third-order valence-electron chi connectivity index (χ3n) is 15.5. The van der Waals surface area contributed by atoms with Gasteiger partial charge in [-0.3, -0.25) is 57.9 Å². The van der Waals surface area contributed by atoms with Crippen molar-refractivity contribution in [2.24, 2.45) is 5.73 Å². The van der Waals surface area contributed by atoms with Gasteiger partial charge in [0, 0.05) is 67.7 Å². The van der Waals surface area contributed by atoms with Gasteiger partial charge >= 0.3 is 13.3 Å². The molecule has 1 saturated heterocycles. The molecule has 0 aliphatic carbocycles. The molecule has 5 heterocycles. The first-order chi connectivity index (χ1) is 39.2. The third kappa shape index (κ3) is 12.9. The predicted octanol–water partition coefficient (Wildman–Crippen LogP) is 6.52. The molecule has 7 N–H and O–H groups in total. The molecule has 4 aliphatic rings. The van der Waals surface area contributed by atoms with Gasteiger partial charge in [0.05, 0.1) is 21.9 Å². The van der Waals surface area contributed by atoms with Gasteiger partial charge in [0.25, 0.3) is 11.8 Å². The van der Waals surface area contributed by atoms with Gasteiger partial charge in [-0.15, -0.1) is 11.3 Å². The molecule has 4 aromatic carbocycles. The summed E-state index contributed by atoms with van der Waals surface area (Å²) < 4.78 is 40.8. The van der Waals surface area contributed by atoms with Gasteiger partial charge in [-0.25, -0.2) is 4.98 Å². The Morgan fingerprint density at radius 1 is 0.866 bits per heavy atom. The molecule has 9 rings (SSSR count). The van der Waals surface area contributed by atoms with Crippen LogP contribution in [0.2, 0.25) is 0 Å². The molecule has 4 aliphatic heterocycles. The van der Waals surface area contributed by atoms with Gasteiger partial charge in [0.15, 0.2) is 10.8 Å². The van der Waals surface area contributed by atoms with Crippen LogP contribution >= 0.6 is 18.9 Å². The number of alkyl halides is 2. The molecule has 1 fully saturated rings. The summed E-state index contributed by atoms with van der Waals surface area (Å²) in [5.41, 5.74) is 4.41. The summed E-state index contributed by atoms with van der Waals surface area (Å²) in [7, 11) is -5.89. The minimum atomic E-state index is -5.89. The van der Waals surface area contributed by atoms with Crippen molar-refractivity contribution < 1.29 is 66.3 Å². The Balaban J connectivity index is 0.792. The fourth-order valence-electron chi connectivity index (χ4n) is 11.1. The number of nitrogens with two attached hydrogens (primary N) is 1. The minimum absolute atomic E-state index is 0.0483. The maximum absolute atomic E-state index is 14.6. The van der Waals surface area contributed by atoms with Crippen LogP contribution in [0, 0.1) is 11.8 Å². The maximum atomic E-state index is 14.6. The van der Waals surface area contributed by atoms with E-state index in [1.165, 1.54) is 9.80 Å². The second kappa shape index (κ2) is 25.1. The highest BCUT2D eigenvalue weighted by atomic mass is 32.1. The van der Waals surface area contributed by atoms with Crippen LogP contribution in [0.15, 0.2) is 84.9 Å². The number of amides is 7. The Morgan fingerprint density at radius 3 is 2.34 bits per heavy atom. The van der Waals surface area contributed by atoms with Crippen molar-refractivity contribution in [1.82, 2.24) is 25.8 Å². The number of halogens is 2. The van der Waals surface area contributed by atoms with Gasteiger partial charge in [0.1, 0.15) is 23.9 Å². The summed E-state index contributed by atoms with van der Waals surface area (Å²) in [6, 6.07) is 17.9. The van der Waals surface area contributed by atoms with E-state index in [1.807, 2.05) is 6.07 Å². The SMILES string of the molecule is NC(=O)CC[C@H](NC(=O)[C@@H]1Cc2cccc3c2N1C(=O)[C@@H](NC(=O)c1nc2cc(C(F)(F)P(=O)(O)O)ccc2s1)CC3)C(=O)C[C@H](C(=O)CCCCCCCCC#Cc1cccc2c1CN(C1CCC(=O)NC1=O)C2=O)c1ccccc1. The van der Waals surface area contributed by atoms with E-state index in [0.717, 1.165) is 78.3 Å². The average molecular weight is 1160 g/mol. The van der Waals surface area contributed by atoms with Crippen LogP contribution in [0.4, 0.5) is 14.5 Å². The van der Waals surface area contributed by atoms with Gasteiger partial charge in [-0.2, -0.15) is 8.78 Å². The van der Waals surface area contributed by atoms with Gasteiger partial charge in [-0.1, -0.05) is 98.2 Å². The van der Waals surface area contributed by atoms with Crippen molar-refractivity contribution in [3.05, 3.63) is 129 Å². The fraction of sp³-hybridized carbons (Fsp3) is 0.390. The number of carbonyl (C=O) groups is 9. The molecule has 0 bridgehead atoms. The van der Waals surface area contributed by atoms with Crippen LogP contribution < -0.4 is 26.6 Å². The third-order valence-corrected chi connectivity index (χ3v) is 17.5. The Morgan fingerprint density at radius 2 is 1.60 bits per heavy atom. The summed E-state index contributed by atoms with van der Waals surface area (Å²) in [5, 5.41) is 7.58. The van der Waals surface area contributed by atoms with Crippen molar-refractivity contribution in [3.8, 4) is 11.8 Å². The second-order valence-electron chi connectivity index (χ2n) is 21.0. The summed E-state index contributed by atoms with van der Waals surface area (Å²) in [5.74, 6) is 0.900. The van der Waals surface area contributed by atoms with Crippen molar-refractivity contribution in [3.63, 3.8) is 0 Å². The van der Waals surface area contributed by atoms with Crippen LogP contribution in [-0.2, 0) is 63.2 Å². The number of hydrogen-bond acceptors (Lipinski definition) is 12. The van der Waals surface area contributed by atoms with Crippen molar-refractivity contribution >= 4 is 87.8 Å². The number of aromatic nitrogens is 1. The molecule has 19 nitrogen and oxygen atoms in total. The molecule has 1 unspecified atom stereocenters. The van der Waals surface area contributed by atoms with Crippen molar-refractivity contribution in [1.29, 1.82) is 0 Å². The smallest absolute Gasteiger partial charge is 0.370 e. The number of thiazole rings is 1. The Labute approximate surface area is 474 Å². The van der Waals surface area contributed by atoms with E-state index in [-0.39, 0.29) is 90.7 Å². The highest BCUT2D eigenvalue weighted by Gasteiger charge is 2.51. The quantitative estimate of drug-likeness (QED) is 0.0176. The number of carbonyl (C=O) groups excluding carboxylic acids is 9. The van der Waals surface area contributed by atoms with Crippen LogP contribution in [0.5, 0.6) is 0 Å². The normalized spacial score (nSPS) is 18.4. The highest BCUT2D eigenvalue weighted by molar-refractivity contribution is 7.52. The number of fused-ring (bicyclic) bond motifs is 2. The topological polar surface area (TPSA) is 293 Å².